The third-order valence-corrected chi connectivity index (χ3v) is 5.40. The summed E-state index contributed by atoms with van der Waals surface area (Å²) in [6.07, 6.45) is 11.1. The lowest BCUT2D eigenvalue weighted by Crippen LogP contribution is -2.60. The molecule has 142 valence electrons. The smallest absolute Gasteiger partial charge is 0.222 e. The average molecular weight is 367 g/mol. The van der Waals surface area contributed by atoms with Gasteiger partial charge in [-0.3, -0.25) is 14.7 Å². The molecule has 0 N–H and O–H groups in total. The van der Waals surface area contributed by atoms with Gasteiger partial charge in [-0.1, -0.05) is 6.07 Å². The van der Waals surface area contributed by atoms with Crippen LogP contribution in [0.3, 0.4) is 0 Å². The van der Waals surface area contributed by atoms with Crippen LogP contribution in [-0.2, 0) is 22.5 Å². The molecule has 4 rings (SSSR count). The number of rotatable bonds is 5. The minimum atomic E-state index is 0.198. The van der Waals surface area contributed by atoms with Gasteiger partial charge in [0.25, 0.3) is 0 Å². The SMILES string of the molecule is O=C(CCc1cncnc1)N1CC[C@@H]2OCCN(Cc3cccnc3)[C@H]2C1. The van der Waals surface area contributed by atoms with Gasteiger partial charge in [0.2, 0.25) is 5.91 Å². The van der Waals surface area contributed by atoms with E-state index in [0.29, 0.717) is 12.8 Å². The van der Waals surface area contributed by atoms with Gasteiger partial charge in [0.15, 0.2) is 0 Å². The fourth-order valence-corrected chi connectivity index (χ4v) is 3.96. The number of fused-ring (bicyclic) bond motifs is 1. The molecule has 2 fully saturated rings. The van der Waals surface area contributed by atoms with Gasteiger partial charge >= 0.3 is 0 Å². The molecule has 1 amide bonds. The summed E-state index contributed by atoms with van der Waals surface area (Å²) >= 11 is 0. The average Bonchev–Trinajstić information content (AvgIpc) is 2.73. The normalized spacial score (nSPS) is 23.0. The largest absolute Gasteiger partial charge is 0.375 e. The first kappa shape index (κ1) is 18.0. The number of likely N-dealkylation sites (tertiary alicyclic amines) is 1. The Bertz CT molecular complexity index is 743. The van der Waals surface area contributed by atoms with E-state index in [0.717, 1.165) is 44.8 Å². The Hall–Kier alpha value is -2.38. The summed E-state index contributed by atoms with van der Waals surface area (Å²) in [6.45, 7) is 3.99. The van der Waals surface area contributed by atoms with Crippen molar-refractivity contribution in [2.75, 3.05) is 26.2 Å². The number of carbonyl (C=O) groups excluding carboxylic acids is 1. The minimum absolute atomic E-state index is 0.198. The quantitative estimate of drug-likeness (QED) is 0.793. The zero-order valence-corrected chi connectivity index (χ0v) is 15.4. The molecule has 4 heterocycles. The maximum atomic E-state index is 12.7. The summed E-state index contributed by atoms with van der Waals surface area (Å²) in [6, 6.07) is 4.32. The Morgan fingerprint density at radius 2 is 2.00 bits per heavy atom. The lowest BCUT2D eigenvalue weighted by atomic mass is 9.97. The molecule has 2 saturated heterocycles. The van der Waals surface area contributed by atoms with E-state index in [1.807, 2.05) is 17.2 Å². The molecule has 0 radical (unpaired) electrons. The van der Waals surface area contributed by atoms with Crippen molar-refractivity contribution in [1.82, 2.24) is 24.8 Å². The number of ether oxygens (including phenoxy) is 1. The molecule has 2 atom stereocenters. The molecule has 2 aliphatic rings. The third-order valence-electron chi connectivity index (χ3n) is 5.40. The number of amides is 1. The van der Waals surface area contributed by atoms with Crippen molar-refractivity contribution in [1.29, 1.82) is 0 Å². The molecule has 7 heteroatoms. The van der Waals surface area contributed by atoms with Crippen molar-refractivity contribution in [3.63, 3.8) is 0 Å². The molecule has 0 saturated carbocycles. The van der Waals surface area contributed by atoms with Gasteiger partial charge in [0.1, 0.15) is 6.33 Å². The van der Waals surface area contributed by atoms with Gasteiger partial charge in [-0.2, -0.15) is 0 Å². The van der Waals surface area contributed by atoms with E-state index < -0.39 is 0 Å². The Kier molecular flexibility index (Phi) is 5.69. The summed E-state index contributed by atoms with van der Waals surface area (Å²) in [5, 5.41) is 0. The molecule has 2 aromatic rings. The van der Waals surface area contributed by atoms with Gasteiger partial charge in [-0.05, 0) is 30.0 Å². The van der Waals surface area contributed by atoms with Crippen molar-refractivity contribution in [2.45, 2.75) is 38.0 Å². The van der Waals surface area contributed by atoms with E-state index in [1.54, 1.807) is 18.6 Å². The number of carbonyl (C=O) groups is 1. The first-order valence-corrected chi connectivity index (χ1v) is 9.56. The fraction of sp³-hybridized carbons (Fsp3) is 0.500. The highest BCUT2D eigenvalue weighted by Crippen LogP contribution is 2.25. The van der Waals surface area contributed by atoms with Crippen molar-refractivity contribution in [3.8, 4) is 0 Å². The van der Waals surface area contributed by atoms with E-state index in [4.69, 9.17) is 4.74 Å². The second kappa shape index (κ2) is 8.54. The Morgan fingerprint density at radius 3 is 2.81 bits per heavy atom. The summed E-state index contributed by atoms with van der Waals surface area (Å²) in [7, 11) is 0. The van der Waals surface area contributed by atoms with Crippen LogP contribution >= 0.6 is 0 Å². The summed E-state index contributed by atoms with van der Waals surface area (Å²) in [5.41, 5.74) is 2.20. The zero-order valence-electron chi connectivity index (χ0n) is 15.4. The van der Waals surface area contributed by atoms with Crippen LogP contribution in [0.15, 0.2) is 43.2 Å². The number of hydrogen-bond donors (Lipinski definition) is 0. The summed E-state index contributed by atoms with van der Waals surface area (Å²) in [4.78, 5) is 29.4. The lowest BCUT2D eigenvalue weighted by Gasteiger charge is -2.47. The molecule has 2 aliphatic heterocycles. The van der Waals surface area contributed by atoms with E-state index in [9.17, 15) is 4.79 Å². The fourth-order valence-electron chi connectivity index (χ4n) is 3.96. The maximum absolute atomic E-state index is 12.7. The second-order valence-corrected chi connectivity index (χ2v) is 7.18. The minimum Gasteiger partial charge on any atom is -0.375 e. The number of nitrogens with zero attached hydrogens (tertiary/aromatic N) is 5. The molecule has 0 aliphatic carbocycles. The zero-order chi connectivity index (χ0) is 18.5. The van der Waals surface area contributed by atoms with Gasteiger partial charge in [0.05, 0.1) is 18.8 Å². The monoisotopic (exact) mass is 367 g/mol. The predicted octanol–water partition coefficient (Wildman–Crippen LogP) is 1.31. The highest BCUT2D eigenvalue weighted by Gasteiger charge is 2.38. The lowest BCUT2D eigenvalue weighted by molar-refractivity contribution is -0.143. The van der Waals surface area contributed by atoms with Crippen LogP contribution in [0.25, 0.3) is 0 Å². The molecule has 7 nitrogen and oxygen atoms in total. The molecular formula is C20H25N5O2. The summed E-state index contributed by atoms with van der Waals surface area (Å²) in [5.74, 6) is 0.198. The molecule has 27 heavy (non-hydrogen) atoms. The highest BCUT2D eigenvalue weighted by atomic mass is 16.5. The van der Waals surface area contributed by atoms with E-state index in [-0.39, 0.29) is 18.1 Å². The van der Waals surface area contributed by atoms with E-state index >= 15 is 0 Å². The Labute approximate surface area is 159 Å². The van der Waals surface area contributed by atoms with Crippen LogP contribution < -0.4 is 0 Å². The second-order valence-electron chi connectivity index (χ2n) is 7.18. The number of piperidine rings is 1. The molecule has 0 bridgehead atoms. The highest BCUT2D eigenvalue weighted by molar-refractivity contribution is 5.76. The molecule has 0 aromatic carbocycles. The van der Waals surface area contributed by atoms with Crippen LogP contribution in [-0.4, -0.2) is 69.0 Å². The molecular weight excluding hydrogens is 342 g/mol. The summed E-state index contributed by atoms with van der Waals surface area (Å²) < 4.78 is 6.00. The number of aromatic nitrogens is 3. The molecule has 0 unspecified atom stereocenters. The van der Waals surface area contributed by atoms with Crippen molar-refractivity contribution in [2.24, 2.45) is 0 Å². The van der Waals surface area contributed by atoms with Crippen molar-refractivity contribution < 1.29 is 9.53 Å². The molecule has 0 spiro atoms. The first-order valence-electron chi connectivity index (χ1n) is 9.56. The number of aryl methyl sites for hydroxylation is 1. The van der Waals surface area contributed by atoms with E-state index in [2.05, 4.69) is 25.9 Å². The van der Waals surface area contributed by atoms with E-state index in [1.165, 1.54) is 11.9 Å². The van der Waals surface area contributed by atoms with Gasteiger partial charge in [-0.25, -0.2) is 9.97 Å². The standard InChI is InChI=1S/C20H25N5O2/c26-20(4-3-16-10-22-15-23-11-16)25-7-5-19-18(14-25)24(8-9-27-19)13-17-2-1-6-21-12-17/h1-2,6,10-12,15,18-19H,3-5,7-9,13-14H2/t18-,19-/m0/s1. The molecule has 2 aromatic heterocycles. The van der Waals surface area contributed by atoms with Gasteiger partial charge < -0.3 is 9.64 Å². The van der Waals surface area contributed by atoms with Crippen LogP contribution in [0.1, 0.15) is 24.0 Å². The Balaban J connectivity index is 1.37. The predicted molar refractivity (Wildman–Crippen MR) is 99.7 cm³/mol. The third kappa shape index (κ3) is 4.48. The van der Waals surface area contributed by atoms with Crippen molar-refractivity contribution in [3.05, 3.63) is 54.4 Å². The number of hydrogen-bond acceptors (Lipinski definition) is 6. The van der Waals surface area contributed by atoms with Crippen LogP contribution in [0, 0.1) is 0 Å². The topological polar surface area (TPSA) is 71.5 Å². The first-order chi connectivity index (χ1) is 13.3. The number of pyridine rings is 1. The van der Waals surface area contributed by atoms with Gasteiger partial charge in [0, 0.05) is 57.4 Å². The Morgan fingerprint density at radius 1 is 1.15 bits per heavy atom. The van der Waals surface area contributed by atoms with Crippen molar-refractivity contribution >= 4 is 5.91 Å². The van der Waals surface area contributed by atoms with Crippen LogP contribution in [0.2, 0.25) is 0 Å². The maximum Gasteiger partial charge on any atom is 0.222 e. The number of morpholine rings is 1. The van der Waals surface area contributed by atoms with Crippen LogP contribution in [0.5, 0.6) is 0 Å². The van der Waals surface area contributed by atoms with Crippen LogP contribution in [0.4, 0.5) is 0 Å². The van der Waals surface area contributed by atoms with Gasteiger partial charge in [-0.15, -0.1) is 0 Å².